The Labute approximate surface area is 324 Å². The van der Waals surface area contributed by atoms with Crippen molar-refractivity contribution in [2.75, 3.05) is 53.4 Å². The molecular formula is C41H58FN9O4. The first-order valence-electron chi connectivity index (χ1n) is 20.1. The lowest BCUT2D eigenvalue weighted by molar-refractivity contribution is -0.135. The van der Waals surface area contributed by atoms with Gasteiger partial charge < -0.3 is 25.3 Å². The van der Waals surface area contributed by atoms with Crippen molar-refractivity contribution in [1.82, 2.24) is 44.9 Å². The van der Waals surface area contributed by atoms with Crippen LogP contribution in [0.4, 0.5) is 4.39 Å². The SMILES string of the molecule is CCn1nccc1C(=O)N[C@H](C(=O)Cc1ccc([C@H](C)[C@@H](NC(=O)c2ccnn2C2CCN(C)CC2)C(=O)N2CCN(C)CC2)cc1F)C1CCC(C)CC1. The second kappa shape index (κ2) is 18.0. The molecule has 14 heteroatoms. The summed E-state index contributed by atoms with van der Waals surface area (Å²) in [4.78, 5) is 61.7. The maximum atomic E-state index is 16.1. The van der Waals surface area contributed by atoms with Crippen molar-refractivity contribution in [3.8, 4) is 0 Å². The maximum absolute atomic E-state index is 16.1. The van der Waals surface area contributed by atoms with Gasteiger partial charge in [-0.3, -0.25) is 28.5 Å². The number of benzene rings is 1. The molecule has 2 saturated heterocycles. The molecule has 13 nitrogen and oxygen atoms in total. The fourth-order valence-corrected chi connectivity index (χ4v) is 8.42. The Balaban J connectivity index is 1.21. The number of nitrogens with one attached hydrogen (secondary N) is 2. The molecule has 1 aliphatic carbocycles. The van der Waals surface area contributed by atoms with Crippen LogP contribution in [0.5, 0.6) is 0 Å². The van der Waals surface area contributed by atoms with Crippen LogP contribution in [0.25, 0.3) is 0 Å². The Morgan fingerprint density at radius 3 is 2.13 bits per heavy atom. The molecule has 0 radical (unpaired) electrons. The van der Waals surface area contributed by atoms with Gasteiger partial charge in [-0.2, -0.15) is 10.2 Å². The minimum Gasteiger partial charge on any atom is -0.341 e. The zero-order valence-corrected chi connectivity index (χ0v) is 33.0. The van der Waals surface area contributed by atoms with E-state index in [1.54, 1.807) is 50.9 Å². The van der Waals surface area contributed by atoms with Gasteiger partial charge in [0.25, 0.3) is 11.8 Å². The second-order valence-corrected chi connectivity index (χ2v) is 16.1. The molecule has 2 N–H and O–H groups in total. The van der Waals surface area contributed by atoms with E-state index in [1.165, 1.54) is 6.07 Å². The first-order chi connectivity index (χ1) is 26.4. The topological polar surface area (TPSA) is 138 Å². The predicted octanol–water partition coefficient (Wildman–Crippen LogP) is 3.92. The van der Waals surface area contributed by atoms with E-state index in [2.05, 4.69) is 44.6 Å². The highest BCUT2D eigenvalue weighted by molar-refractivity contribution is 5.98. The number of aromatic nitrogens is 4. The number of hydrogen-bond donors (Lipinski definition) is 2. The summed E-state index contributed by atoms with van der Waals surface area (Å²) in [6.07, 6.45) is 8.25. The molecule has 4 heterocycles. The normalized spacial score (nSPS) is 21.8. The van der Waals surface area contributed by atoms with Crippen LogP contribution in [0, 0.1) is 17.7 Å². The van der Waals surface area contributed by atoms with Gasteiger partial charge in [0, 0.05) is 57.5 Å². The van der Waals surface area contributed by atoms with E-state index in [9.17, 15) is 19.2 Å². The Hall–Kier alpha value is -4.43. The number of rotatable bonds is 13. The van der Waals surface area contributed by atoms with Crippen LogP contribution in [0.1, 0.15) is 103 Å². The van der Waals surface area contributed by atoms with Crippen molar-refractivity contribution in [1.29, 1.82) is 0 Å². The van der Waals surface area contributed by atoms with Crippen molar-refractivity contribution in [3.05, 3.63) is 71.1 Å². The number of carbonyl (C=O) groups is 4. The lowest BCUT2D eigenvalue weighted by atomic mass is 9.77. The van der Waals surface area contributed by atoms with Gasteiger partial charge in [0.1, 0.15) is 23.2 Å². The zero-order valence-electron chi connectivity index (χ0n) is 33.0. The number of halogens is 1. The number of piperazine rings is 1. The second-order valence-electron chi connectivity index (χ2n) is 16.1. The highest BCUT2D eigenvalue weighted by Crippen LogP contribution is 2.32. The number of amides is 3. The third-order valence-corrected chi connectivity index (χ3v) is 12.2. The predicted molar refractivity (Wildman–Crippen MR) is 207 cm³/mol. The number of Topliss-reactive ketones (excluding diaryl/α,β-unsaturated/α-hetero) is 1. The van der Waals surface area contributed by atoms with Crippen LogP contribution in [-0.4, -0.2) is 123 Å². The smallest absolute Gasteiger partial charge is 0.270 e. The van der Waals surface area contributed by atoms with Crippen LogP contribution in [0.15, 0.2) is 42.7 Å². The number of nitrogens with zero attached hydrogens (tertiary/aromatic N) is 7. The largest absolute Gasteiger partial charge is 0.341 e. The lowest BCUT2D eigenvalue weighted by Gasteiger charge is -2.36. The first kappa shape index (κ1) is 40.2. The molecule has 2 aromatic heterocycles. The van der Waals surface area contributed by atoms with E-state index in [0.29, 0.717) is 55.6 Å². The van der Waals surface area contributed by atoms with Crippen molar-refractivity contribution < 1.29 is 23.6 Å². The molecule has 298 valence electrons. The third kappa shape index (κ3) is 9.52. The third-order valence-electron chi connectivity index (χ3n) is 12.2. The van der Waals surface area contributed by atoms with Crippen molar-refractivity contribution in [2.24, 2.45) is 11.8 Å². The summed E-state index contributed by atoms with van der Waals surface area (Å²) in [5.74, 6) is -1.88. The van der Waals surface area contributed by atoms with Gasteiger partial charge in [-0.25, -0.2) is 4.39 Å². The molecule has 3 amide bonds. The lowest BCUT2D eigenvalue weighted by Crippen LogP contribution is -2.56. The zero-order chi connectivity index (χ0) is 39.2. The summed E-state index contributed by atoms with van der Waals surface area (Å²) in [5, 5.41) is 14.7. The number of piperidine rings is 1. The monoisotopic (exact) mass is 759 g/mol. The standard InChI is InChI=1S/C41H58FN9O4/c1-6-50-34(13-17-43-50)39(53)46-38(29-9-7-27(2)8-10-29)36(52)26-31-12-11-30(25-33(31)42)28(3)37(41(55)49-23-21-48(5)22-24-49)45-40(54)35-14-18-44-51(35)32-15-19-47(4)20-16-32/h11-14,17-18,25,27-29,32,37-38H,6-10,15-16,19-24,26H2,1-5H3,(H,45,54)(H,46,53)/t27?,28-,29?,37+,38-/m0/s1. The van der Waals surface area contributed by atoms with Crippen molar-refractivity contribution >= 4 is 23.5 Å². The number of ketones is 1. The molecule has 0 unspecified atom stereocenters. The van der Waals surface area contributed by atoms with E-state index in [1.807, 2.05) is 20.9 Å². The molecule has 1 aromatic carbocycles. The van der Waals surface area contributed by atoms with Crippen LogP contribution < -0.4 is 10.6 Å². The minimum atomic E-state index is -0.964. The van der Waals surface area contributed by atoms with Crippen LogP contribution in [0.3, 0.4) is 0 Å². The minimum absolute atomic E-state index is 0.0475. The Bertz CT molecular complexity index is 1800. The summed E-state index contributed by atoms with van der Waals surface area (Å²) >= 11 is 0. The van der Waals surface area contributed by atoms with Gasteiger partial charge in [0.2, 0.25) is 5.91 Å². The molecule has 1 saturated carbocycles. The number of carbonyl (C=O) groups excluding carboxylic acids is 4. The van der Waals surface area contributed by atoms with Crippen LogP contribution in [0.2, 0.25) is 0 Å². The van der Waals surface area contributed by atoms with E-state index in [0.717, 1.165) is 51.6 Å². The highest BCUT2D eigenvalue weighted by Gasteiger charge is 2.36. The number of hydrogen-bond acceptors (Lipinski definition) is 8. The van der Waals surface area contributed by atoms with Crippen LogP contribution in [-0.2, 0) is 22.6 Å². The molecule has 3 fully saturated rings. The molecule has 0 spiro atoms. The van der Waals surface area contributed by atoms with Crippen molar-refractivity contribution in [2.45, 2.75) is 96.3 Å². The van der Waals surface area contributed by atoms with Gasteiger partial charge >= 0.3 is 0 Å². The maximum Gasteiger partial charge on any atom is 0.270 e. The molecule has 6 rings (SSSR count). The first-order valence-corrected chi connectivity index (χ1v) is 20.1. The van der Waals surface area contributed by atoms with E-state index >= 15 is 4.39 Å². The Kier molecular flexibility index (Phi) is 13.2. The molecule has 3 atom stereocenters. The molecule has 55 heavy (non-hydrogen) atoms. The van der Waals surface area contributed by atoms with Crippen molar-refractivity contribution in [3.63, 3.8) is 0 Å². The fourth-order valence-electron chi connectivity index (χ4n) is 8.42. The van der Waals surface area contributed by atoms with E-state index < -0.39 is 29.7 Å². The number of aryl methyl sites for hydroxylation is 1. The van der Waals surface area contributed by atoms with Gasteiger partial charge in [-0.05, 0) is 101 Å². The number of likely N-dealkylation sites (N-methyl/N-ethyl adjacent to an activating group) is 1. The Morgan fingerprint density at radius 1 is 0.818 bits per heavy atom. The quantitative estimate of drug-likeness (QED) is 0.268. The summed E-state index contributed by atoms with van der Waals surface area (Å²) in [7, 11) is 4.09. The van der Waals surface area contributed by atoms with E-state index in [4.69, 9.17) is 0 Å². The molecule has 3 aliphatic rings. The fraction of sp³-hybridized carbons (Fsp3) is 0.610. The summed E-state index contributed by atoms with van der Waals surface area (Å²) < 4.78 is 19.5. The number of likely N-dealkylation sites (tertiary alicyclic amines) is 1. The molecule has 2 aliphatic heterocycles. The summed E-state index contributed by atoms with van der Waals surface area (Å²) in [5.41, 5.74) is 1.53. The van der Waals surface area contributed by atoms with Gasteiger partial charge in [0.15, 0.2) is 5.78 Å². The molecule has 3 aromatic rings. The van der Waals surface area contributed by atoms with E-state index in [-0.39, 0.29) is 41.5 Å². The molecular weight excluding hydrogens is 702 g/mol. The van der Waals surface area contributed by atoms with Crippen LogP contribution >= 0.6 is 0 Å². The Morgan fingerprint density at radius 2 is 1.45 bits per heavy atom. The van der Waals surface area contributed by atoms with Gasteiger partial charge in [-0.15, -0.1) is 0 Å². The average molecular weight is 760 g/mol. The van der Waals surface area contributed by atoms with Gasteiger partial charge in [0.05, 0.1) is 12.1 Å². The summed E-state index contributed by atoms with van der Waals surface area (Å²) in [6.45, 7) is 10.7. The van der Waals surface area contributed by atoms with Gasteiger partial charge in [-0.1, -0.05) is 38.8 Å². The summed E-state index contributed by atoms with van der Waals surface area (Å²) in [6, 6.07) is 6.39. The highest BCUT2D eigenvalue weighted by atomic mass is 19.1. The average Bonchev–Trinajstić information content (AvgIpc) is 3.88. The molecule has 0 bridgehead atoms.